The second-order valence-corrected chi connectivity index (χ2v) is 3.59. The van der Waals surface area contributed by atoms with Crippen molar-refractivity contribution in [1.82, 2.24) is 0 Å². The summed E-state index contributed by atoms with van der Waals surface area (Å²) in [6, 6.07) is 0. The van der Waals surface area contributed by atoms with E-state index in [0.29, 0.717) is 0 Å². The van der Waals surface area contributed by atoms with Gasteiger partial charge in [0, 0.05) is 5.33 Å². The Hall–Kier alpha value is 0.220. The number of alkyl halides is 1. The Bertz CT molecular complexity index is 86.9. The molecule has 0 aromatic carbocycles. The van der Waals surface area contributed by atoms with Crippen molar-refractivity contribution in [3.8, 4) is 0 Å². The first kappa shape index (κ1) is 11.2. The van der Waals surface area contributed by atoms with E-state index < -0.39 is 0 Å². The SMILES string of the molecule is CCCC/C=C/CCCCBr. The van der Waals surface area contributed by atoms with E-state index in [1.54, 1.807) is 0 Å². The van der Waals surface area contributed by atoms with Crippen molar-refractivity contribution < 1.29 is 0 Å². The summed E-state index contributed by atoms with van der Waals surface area (Å²) in [7, 11) is 0. The molecule has 0 saturated carbocycles. The lowest BCUT2D eigenvalue weighted by molar-refractivity contribution is 0.797. The third kappa shape index (κ3) is 10.2. The number of rotatable bonds is 7. The van der Waals surface area contributed by atoms with E-state index in [-0.39, 0.29) is 0 Å². The van der Waals surface area contributed by atoms with Gasteiger partial charge in [-0.3, -0.25) is 0 Å². The van der Waals surface area contributed by atoms with Gasteiger partial charge in [-0.15, -0.1) is 0 Å². The van der Waals surface area contributed by atoms with E-state index in [4.69, 9.17) is 0 Å². The molecule has 0 bridgehead atoms. The van der Waals surface area contributed by atoms with Crippen molar-refractivity contribution in [1.29, 1.82) is 0 Å². The number of hydrogen-bond acceptors (Lipinski definition) is 0. The van der Waals surface area contributed by atoms with Crippen molar-refractivity contribution in [2.75, 3.05) is 5.33 Å². The fraction of sp³-hybridized carbons (Fsp3) is 0.800. The van der Waals surface area contributed by atoms with Crippen LogP contribution in [0.25, 0.3) is 0 Å². The Balaban J connectivity index is 2.91. The van der Waals surface area contributed by atoms with Crippen LogP contribution in [0.5, 0.6) is 0 Å². The summed E-state index contributed by atoms with van der Waals surface area (Å²) in [5.41, 5.74) is 0. The van der Waals surface area contributed by atoms with Crippen molar-refractivity contribution >= 4 is 15.9 Å². The van der Waals surface area contributed by atoms with Gasteiger partial charge < -0.3 is 0 Å². The minimum absolute atomic E-state index is 1.15. The van der Waals surface area contributed by atoms with Crippen LogP contribution >= 0.6 is 15.9 Å². The fourth-order valence-corrected chi connectivity index (χ4v) is 1.31. The van der Waals surface area contributed by atoms with Crippen LogP contribution in [0.2, 0.25) is 0 Å². The van der Waals surface area contributed by atoms with Crippen LogP contribution in [0.3, 0.4) is 0 Å². The average Bonchev–Trinajstić information content (AvgIpc) is 2.03. The molecular weight excluding hydrogens is 200 g/mol. The van der Waals surface area contributed by atoms with Gasteiger partial charge in [-0.05, 0) is 25.7 Å². The highest BCUT2D eigenvalue weighted by atomic mass is 79.9. The Morgan fingerprint density at radius 2 is 1.64 bits per heavy atom. The molecule has 1 heteroatoms. The molecule has 0 nitrogen and oxygen atoms in total. The van der Waals surface area contributed by atoms with E-state index in [0.717, 1.165) is 5.33 Å². The zero-order valence-electron chi connectivity index (χ0n) is 7.48. The van der Waals surface area contributed by atoms with Gasteiger partial charge >= 0.3 is 0 Å². The quantitative estimate of drug-likeness (QED) is 0.340. The second kappa shape index (κ2) is 10.2. The predicted octanol–water partition coefficient (Wildman–Crippen LogP) is 4.30. The van der Waals surface area contributed by atoms with E-state index in [1.807, 2.05) is 0 Å². The van der Waals surface area contributed by atoms with E-state index in [2.05, 4.69) is 35.0 Å². The van der Waals surface area contributed by atoms with Crippen molar-refractivity contribution in [3.05, 3.63) is 12.2 Å². The van der Waals surface area contributed by atoms with Crippen LogP contribution in [0.4, 0.5) is 0 Å². The highest BCUT2D eigenvalue weighted by Crippen LogP contribution is 2.01. The standard InChI is InChI=1S/C10H19Br/c1-2-3-4-5-6-7-8-9-10-11/h5-6H,2-4,7-10H2,1H3/b6-5+. The molecule has 0 aliphatic heterocycles. The maximum absolute atomic E-state index is 3.42. The van der Waals surface area contributed by atoms with Gasteiger partial charge in [-0.25, -0.2) is 0 Å². The highest BCUT2D eigenvalue weighted by molar-refractivity contribution is 9.09. The van der Waals surface area contributed by atoms with Crippen molar-refractivity contribution in [2.24, 2.45) is 0 Å². The Kier molecular flexibility index (Phi) is 10.4. The summed E-state index contributed by atoms with van der Waals surface area (Å²) in [6.45, 7) is 2.23. The molecule has 0 heterocycles. The molecule has 0 fully saturated rings. The summed E-state index contributed by atoms with van der Waals surface area (Å²) in [5.74, 6) is 0. The lowest BCUT2D eigenvalue weighted by Crippen LogP contribution is -1.73. The number of hydrogen-bond donors (Lipinski definition) is 0. The molecule has 0 unspecified atom stereocenters. The first-order valence-electron chi connectivity index (χ1n) is 4.62. The molecule has 0 spiro atoms. The Morgan fingerprint density at radius 3 is 2.18 bits per heavy atom. The second-order valence-electron chi connectivity index (χ2n) is 2.80. The number of allylic oxidation sites excluding steroid dienone is 2. The summed E-state index contributed by atoms with van der Waals surface area (Å²) in [6.07, 6.45) is 12.4. The largest absolute Gasteiger partial charge is 0.0928 e. The Labute approximate surface area is 79.2 Å². The molecular formula is C10H19Br. The molecule has 0 aliphatic rings. The molecule has 0 amide bonds. The first-order valence-corrected chi connectivity index (χ1v) is 5.75. The molecule has 0 radical (unpaired) electrons. The van der Waals surface area contributed by atoms with E-state index in [1.165, 1.54) is 38.5 Å². The van der Waals surface area contributed by atoms with Gasteiger partial charge in [-0.1, -0.05) is 47.8 Å². The summed E-state index contributed by atoms with van der Waals surface area (Å²) in [4.78, 5) is 0. The third-order valence-corrected chi connectivity index (χ3v) is 2.21. The lowest BCUT2D eigenvalue weighted by atomic mass is 10.2. The monoisotopic (exact) mass is 218 g/mol. The van der Waals surface area contributed by atoms with Gasteiger partial charge in [-0.2, -0.15) is 0 Å². The van der Waals surface area contributed by atoms with Crippen LogP contribution in [0.1, 0.15) is 45.4 Å². The maximum Gasteiger partial charge on any atom is 0.00314 e. The first-order chi connectivity index (χ1) is 5.41. The van der Waals surface area contributed by atoms with Gasteiger partial charge in [0.1, 0.15) is 0 Å². The average molecular weight is 219 g/mol. The number of unbranched alkanes of at least 4 members (excludes halogenated alkanes) is 4. The smallest absolute Gasteiger partial charge is 0.00314 e. The van der Waals surface area contributed by atoms with Gasteiger partial charge in [0.25, 0.3) is 0 Å². The van der Waals surface area contributed by atoms with Gasteiger partial charge in [0.2, 0.25) is 0 Å². The summed E-state index contributed by atoms with van der Waals surface area (Å²) >= 11 is 3.42. The molecule has 0 aromatic heterocycles. The number of halogens is 1. The zero-order chi connectivity index (χ0) is 8.36. The third-order valence-electron chi connectivity index (χ3n) is 1.65. The molecule has 0 atom stereocenters. The minimum Gasteiger partial charge on any atom is -0.0928 e. The summed E-state index contributed by atoms with van der Waals surface area (Å²) < 4.78 is 0. The van der Waals surface area contributed by atoms with E-state index in [9.17, 15) is 0 Å². The van der Waals surface area contributed by atoms with E-state index >= 15 is 0 Å². The molecule has 0 aliphatic carbocycles. The van der Waals surface area contributed by atoms with Crippen LogP contribution in [-0.4, -0.2) is 5.33 Å². The molecule has 66 valence electrons. The molecule has 0 N–H and O–H groups in total. The summed E-state index contributed by atoms with van der Waals surface area (Å²) in [5, 5.41) is 1.15. The highest BCUT2D eigenvalue weighted by Gasteiger charge is 1.82. The van der Waals surface area contributed by atoms with Crippen LogP contribution < -0.4 is 0 Å². The fourth-order valence-electron chi connectivity index (χ4n) is 0.914. The topological polar surface area (TPSA) is 0 Å². The predicted molar refractivity (Wildman–Crippen MR) is 56.3 cm³/mol. The van der Waals surface area contributed by atoms with Crippen molar-refractivity contribution in [3.63, 3.8) is 0 Å². The van der Waals surface area contributed by atoms with Gasteiger partial charge in [0.15, 0.2) is 0 Å². The molecule has 0 saturated heterocycles. The molecule has 0 aromatic rings. The van der Waals surface area contributed by atoms with Crippen LogP contribution in [-0.2, 0) is 0 Å². The zero-order valence-corrected chi connectivity index (χ0v) is 9.07. The normalized spacial score (nSPS) is 11.1. The molecule has 11 heavy (non-hydrogen) atoms. The Morgan fingerprint density at radius 1 is 1.00 bits per heavy atom. The lowest BCUT2D eigenvalue weighted by Gasteiger charge is -1.91. The van der Waals surface area contributed by atoms with Gasteiger partial charge in [0.05, 0.1) is 0 Å². The maximum atomic E-state index is 3.42. The minimum atomic E-state index is 1.15. The van der Waals surface area contributed by atoms with Crippen LogP contribution in [0, 0.1) is 0 Å². The van der Waals surface area contributed by atoms with Crippen LogP contribution in [0.15, 0.2) is 12.2 Å². The van der Waals surface area contributed by atoms with Crippen molar-refractivity contribution in [2.45, 2.75) is 45.4 Å². The molecule has 0 rings (SSSR count).